The average molecular weight is 791 g/mol. The first-order valence-electron chi connectivity index (χ1n) is 22.2. The first kappa shape index (κ1) is 46.4. The van der Waals surface area contributed by atoms with Gasteiger partial charge in [0.2, 0.25) is 0 Å². The molecule has 12 heteroatoms. The van der Waals surface area contributed by atoms with Crippen LogP contribution >= 0.6 is 0 Å². The molecule has 2 spiro atoms. The zero-order valence-electron chi connectivity index (χ0n) is 37.0. The first-order chi connectivity index (χ1) is 26.3. The Labute approximate surface area is 338 Å². The largest absolute Gasteiger partial charge is 0.432 e. The molecule has 4 heterocycles. The molecule has 0 aromatic carbocycles. The Morgan fingerprint density at radius 2 is 0.732 bits per heavy atom. The molecule has 4 aliphatic heterocycles. The number of rotatable bonds is 23. The first-order valence-corrected chi connectivity index (χ1v) is 22.2. The SMILES string of the molecule is CCCCCCCCON1C(C)(C)CC2(CC1(C)C)OC(=O)N(CCCCCCN1C(=O)OC3(CC(C)(C)N(OCCCCCCCC)C(C)(C)C3)C1=O)C2=O. The number of ether oxygens (including phenoxy) is 2. The van der Waals surface area contributed by atoms with E-state index in [4.69, 9.17) is 19.1 Å². The summed E-state index contributed by atoms with van der Waals surface area (Å²) >= 11 is 0. The molecule has 0 aromatic rings. The second-order valence-corrected chi connectivity index (χ2v) is 19.8. The Morgan fingerprint density at radius 3 is 1.05 bits per heavy atom. The van der Waals surface area contributed by atoms with Gasteiger partial charge in [-0.15, -0.1) is 0 Å². The standard InChI is InChI=1S/C44H78N4O8/c1-11-13-15-17-21-25-29-53-47-39(3,4)31-43(32-40(47,5)6)35(49)45(37(51)55-43)27-23-19-20-24-28-46-36(50)44(56-38(46)52)33-41(7,8)48(42(9,10)34-44)54-30-26-22-18-16-14-12-2/h11-34H2,1-10H3. The van der Waals surface area contributed by atoms with E-state index in [1.54, 1.807) is 0 Å². The van der Waals surface area contributed by atoms with Crippen LogP contribution in [0.15, 0.2) is 0 Å². The van der Waals surface area contributed by atoms with Gasteiger partial charge in [-0.25, -0.2) is 19.4 Å². The highest BCUT2D eigenvalue weighted by Gasteiger charge is 2.65. The van der Waals surface area contributed by atoms with Gasteiger partial charge >= 0.3 is 12.2 Å². The molecule has 322 valence electrons. The fourth-order valence-electron chi connectivity index (χ4n) is 10.5. The molecule has 0 aromatic heterocycles. The molecule has 0 unspecified atom stereocenters. The fraction of sp³-hybridized carbons (Fsp3) is 0.909. The number of amides is 4. The minimum absolute atomic E-state index is 0.264. The molecule has 0 atom stereocenters. The number of hydroxylamine groups is 4. The normalized spacial score (nSPS) is 23.8. The molecule has 12 nitrogen and oxygen atoms in total. The molecular weight excluding hydrogens is 713 g/mol. The summed E-state index contributed by atoms with van der Waals surface area (Å²) in [7, 11) is 0. The van der Waals surface area contributed by atoms with Gasteiger partial charge in [0.1, 0.15) is 0 Å². The molecule has 0 saturated carbocycles. The minimum atomic E-state index is -1.21. The van der Waals surface area contributed by atoms with Crippen LogP contribution in [0.3, 0.4) is 0 Å². The van der Waals surface area contributed by atoms with Crippen molar-refractivity contribution in [1.29, 1.82) is 0 Å². The summed E-state index contributed by atoms with van der Waals surface area (Å²) in [5, 5.41) is 4.06. The molecule has 0 radical (unpaired) electrons. The third kappa shape index (κ3) is 10.9. The Hall–Kier alpha value is -2.28. The molecule has 4 aliphatic rings. The van der Waals surface area contributed by atoms with Gasteiger partial charge in [0.25, 0.3) is 11.8 Å². The van der Waals surface area contributed by atoms with E-state index in [9.17, 15) is 19.2 Å². The summed E-state index contributed by atoms with van der Waals surface area (Å²) in [6.07, 6.45) is 17.2. The monoisotopic (exact) mass is 791 g/mol. The number of nitrogens with zero attached hydrogens (tertiary/aromatic N) is 4. The Kier molecular flexibility index (Phi) is 15.9. The number of hydrogen-bond acceptors (Lipinski definition) is 10. The van der Waals surface area contributed by atoms with E-state index in [1.165, 1.54) is 61.2 Å². The third-order valence-electron chi connectivity index (χ3n) is 12.3. The lowest BCUT2D eigenvalue weighted by molar-refractivity contribution is -0.299. The van der Waals surface area contributed by atoms with Gasteiger partial charge in [-0.1, -0.05) is 90.9 Å². The second kappa shape index (κ2) is 19.2. The highest BCUT2D eigenvalue weighted by molar-refractivity contribution is 6.03. The lowest BCUT2D eigenvalue weighted by atomic mass is 9.72. The Bertz CT molecular complexity index is 1210. The van der Waals surface area contributed by atoms with Gasteiger partial charge in [-0.05, 0) is 81.1 Å². The number of carbonyl (C=O) groups is 4. The van der Waals surface area contributed by atoms with Gasteiger partial charge in [0.05, 0.1) is 13.2 Å². The minimum Gasteiger partial charge on any atom is -0.432 e. The molecule has 56 heavy (non-hydrogen) atoms. The number of carbonyl (C=O) groups excluding carboxylic acids is 4. The summed E-state index contributed by atoms with van der Waals surface area (Å²) in [5.74, 6) is -0.528. The van der Waals surface area contributed by atoms with E-state index < -0.39 is 45.5 Å². The maximum atomic E-state index is 13.9. The summed E-state index contributed by atoms with van der Waals surface area (Å²) in [5.41, 5.74) is -4.51. The van der Waals surface area contributed by atoms with Gasteiger partial charge < -0.3 is 9.47 Å². The molecule has 0 bridgehead atoms. The van der Waals surface area contributed by atoms with Crippen molar-refractivity contribution in [2.24, 2.45) is 0 Å². The van der Waals surface area contributed by atoms with Crippen LogP contribution in [0.25, 0.3) is 0 Å². The average Bonchev–Trinajstić information content (AvgIpc) is 3.43. The number of unbranched alkanes of at least 4 members (excludes halogenated alkanes) is 13. The van der Waals surface area contributed by atoms with Crippen molar-refractivity contribution in [2.45, 2.75) is 231 Å². The molecular formula is C44H78N4O8. The van der Waals surface area contributed by atoms with E-state index >= 15 is 0 Å². The zero-order chi connectivity index (χ0) is 41.4. The second-order valence-electron chi connectivity index (χ2n) is 19.8. The van der Waals surface area contributed by atoms with Crippen LogP contribution in [0.2, 0.25) is 0 Å². The summed E-state index contributed by atoms with van der Waals surface area (Å²) in [6, 6.07) is 0. The number of piperidine rings is 2. The summed E-state index contributed by atoms with van der Waals surface area (Å²) in [6.45, 7) is 22.7. The van der Waals surface area contributed by atoms with Crippen molar-refractivity contribution in [3.8, 4) is 0 Å². The maximum Gasteiger partial charge on any atom is 0.417 e. The van der Waals surface area contributed by atoms with E-state index in [0.29, 0.717) is 51.7 Å². The third-order valence-corrected chi connectivity index (χ3v) is 12.3. The van der Waals surface area contributed by atoms with Crippen molar-refractivity contribution >= 4 is 24.0 Å². The lowest BCUT2D eigenvalue weighted by Crippen LogP contribution is -2.67. The van der Waals surface area contributed by atoms with Crippen molar-refractivity contribution in [3.05, 3.63) is 0 Å². The maximum absolute atomic E-state index is 13.9. The number of imide groups is 2. The van der Waals surface area contributed by atoms with Crippen LogP contribution in [0.1, 0.15) is 198 Å². The highest BCUT2D eigenvalue weighted by Crippen LogP contribution is 2.50. The van der Waals surface area contributed by atoms with Crippen LogP contribution in [-0.2, 0) is 28.7 Å². The van der Waals surface area contributed by atoms with E-state index in [2.05, 4.69) is 69.2 Å². The molecule has 4 rings (SSSR count). The van der Waals surface area contributed by atoms with Gasteiger partial charge in [-0.2, -0.15) is 10.1 Å². The predicted octanol–water partition coefficient (Wildman–Crippen LogP) is 9.87. The summed E-state index contributed by atoms with van der Waals surface area (Å²) in [4.78, 5) is 69.4. The van der Waals surface area contributed by atoms with Crippen LogP contribution in [0.4, 0.5) is 9.59 Å². The molecule has 4 amide bonds. The predicted molar refractivity (Wildman–Crippen MR) is 217 cm³/mol. The lowest BCUT2D eigenvalue weighted by Gasteiger charge is -2.55. The van der Waals surface area contributed by atoms with E-state index in [1.807, 2.05) is 10.1 Å². The summed E-state index contributed by atoms with van der Waals surface area (Å²) < 4.78 is 11.9. The van der Waals surface area contributed by atoms with Crippen LogP contribution in [0.5, 0.6) is 0 Å². The van der Waals surface area contributed by atoms with Crippen LogP contribution in [0, 0.1) is 0 Å². The fourth-order valence-corrected chi connectivity index (χ4v) is 10.5. The molecule has 4 fully saturated rings. The molecule has 4 saturated heterocycles. The van der Waals surface area contributed by atoms with Crippen molar-refractivity contribution in [1.82, 2.24) is 19.9 Å². The van der Waals surface area contributed by atoms with E-state index in [0.717, 1.165) is 38.5 Å². The number of hydrogen-bond donors (Lipinski definition) is 0. The topological polar surface area (TPSA) is 118 Å². The smallest absolute Gasteiger partial charge is 0.417 e. The van der Waals surface area contributed by atoms with Gasteiger partial charge in [0, 0.05) is 60.9 Å². The van der Waals surface area contributed by atoms with Crippen LogP contribution < -0.4 is 0 Å². The van der Waals surface area contributed by atoms with Gasteiger partial charge in [-0.3, -0.25) is 19.3 Å². The zero-order valence-corrected chi connectivity index (χ0v) is 37.0. The molecule has 0 aliphatic carbocycles. The highest BCUT2D eigenvalue weighted by atomic mass is 16.7. The van der Waals surface area contributed by atoms with Crippen molar-refractivity contribution in [3.63, 3.8) is 0 Å². The Morgan fingerprint density at radius 1 is 0.446 bits per heavy atom. The van der Waals surface area contributed by atoms with Crippen molar-refractivity contribution < 1.29 is 38.3 Å². The van der Waals surface area contributed by atoms with Crippen molar-refractivity contribution in [2.75, 3.05) is 26.3 Å². The Balaban J connectivity index is 1.22. The molecule has 0 N–H and O–H groups in total. The van der Waals surface area contributed by atoms with E-state index in [-0.39, 0.29) is 24.9 Å². The van der Waals surface area contributed by atoms with Gasteiger partial charge in [0.15, 0.2) is 11.2 Å². The quantitative estimate of drug-likeness (QED) is 0.0926. The van der Waals surface area contributed by atoms with Crippen LogP contribution in [-0.4, -0.2) is 104 Å².